The van der Waals surface area contributed by atoms with Crippen LogP contribution in [0.25, 0.3) is 0 Å². The van der Waals surface area contributed by atoms with Gasteiger partial charge in [0.15, 0.2) is 6.10 Å². The Balaban J connectivity index is 2.22. The van der Waals surface area contributed by atoms with E-state index in [4.69, 9.17) is 27.9 Å². The third-order valence-corrected chi connectivity index (χ3v) is 3.65. The quantitative estimate of drug-likeness (QED) is 0.887. The fourth-order valence-electron chi connectivity index (χ4n) is 1.93. The molecule has 0 spiro atoms. The second-order valence-electron chi connectivity index (χ2n) is 4.65. The van der Waals surface area contributed by atoms with Gasteiger partial charge in [-0.25, -0.2) is 4.79 Å². The number of halogens is 2. The number of carboxylic acids is 1. The number of aliphatic carboxylic acids is 1. The molecule has 5 heteroatoms. The molecule has 0 saturated carbocycles. The highest BCUT2D eigenvalue weighted by molar-refractivity contribution is 6.32. The maximum Gasteiger partial charge on any atom is 0.345 e. The maximum atomic E-state index is 11.4. The molecule has 0 saturated heterocycles. The van der Waals surface area contributed by atoms with E-state index in [1.54, 1.807) is 36.4 Å². The molecule has 0 aliphatic heterocycles. The number of hydrogen-bond donors (Lipinski definition) is 1. The van der Waals surface area contributed by atoms with Crippen LogP contribution in [0.3, 0.4) is 0 Å². The van der Waals surface area contributed by atoms with E-state index in [1.165, 1.54) is 0 Å². The first-order valence-corrected chi connectivity index (χ1v) is 7.12. The Labute approximate surface area is 133 Å². The zero-order chi connectivity index (χ0) is 15.4. The lowest BCUT2D eigenvalue weighted by Gasteiger charge is -2.17. The molecule has 0 aliphatic carbocycles. The summed E-state index contributed by atoms with van der Waals surface area (Å²) in [6.45, 7) is 1.90. The second-order valence-corrected chi connectivity index (χ2v) is 5.49. The van der Waals surface area contributed by atoms with Crippen LogP contribution in [0.5, 0.6) is 5.75 Å². The molecule has 0 amide bonds. The first-order valence-electron chi connectivity index (χ1n) is 6.36. The minimum Gasteiger partial charge on any atom is -0.478 e. The Hall–Kier alpha value is -1.71. The van der Waals surface area contributed by atoms with Gasteiger partial charge in [0, 0.05) is 11.4 Å². The molecule has 2 aromatic rings. The van der Waals surface area contributed by atoms with Crippen molar-refractivity contribution in [2.45, 2.75) is 19.4 Å². The minimum atomic E-state index is -1.05. The second kappa shape index (κ2) is 6.83. The highest BCUT2D eigenvalue weighted by Gasteiger charge is 2.22. The average molecular weight is 325 g/mol. The molecular formula is C16H14Cl2O3. The minimum absolute atomic E-state index is 0.215. The summed E-state index contributed by atoms with van der Waals surface area (Å²) in [5, 5.41) is 10.3. The Morgan fingerprint density at radius 3 is 2.62 bits per heavy atom. The lowest BCUT2D eigenvalue weighted by molar-refractivity contribution is -0.145. The molecule has 1 N–H and O–H groups in total. The van der Waals surface area contributed by atoms with E-state index in [2.05, 4.69) is 0 Å². The van der Waals surface area contributed by atoms with Crippen molar-refractivity contribution >= 4 is 29.2 Å². The van der Waals surface area contributed by atoms with Crippen molar-refractivity contribution in [2.24, 2.45) is 0 Å². The molecule has 0 radical (unpaired) electrons. The van der Waals surface area contributed by atoms with Crippen LogP contribution >= 0.6 is 23.2 Å². The molecule has 0 aromatic heterocycles. The fourth-order valence-corrected chi connectivity index (χ4v) is 2.31. The van der Waals surface area contributed by atoms with Gasteiger partial charge < -0.3 is 9.84 Å². The normalized spacial score (nSPS) is 12.0. The van der Waals surface area contributed by atoms with Gasteiger partial charge >= 0.3 is 5.97 Å². The summed E-state index contributed by atoms with van der Waals surface area (Å²) in [6, 6.07) is 12.2. The summed E-state index contributed by atoms with van der Waals surface area (Å²) in [7, 11) is 0. The van der Waals surface area contributed by atoms with Gasteiger partial charge in [-0.1, -0.05) is 41.4 Å². The molecule has 2 aromatic carbocycles. The molecule has 0 aliphatic rings. The number of ether oxygens (including phenoxy) is 1. The Morgan fingerprint density at radius 2 is 1.95 bits per heavy atom. The number of carbonyl (C=O) groups is 1. The van der Waals surface area contributed by atoms with Crippen LogP contribution in [-0.2, 0) is 11.2 Å². The maximum absolute atomic E-state index is 11.4. The van der Waals surface area contributed by atoms with Gasteiger partial charge in [-0.2, -0.15) is 0 Å². The molecule has 2 rings (SSSR count). The standard InChI is InChI=1S/C16H14Cl2O3/c1-10-6-7-12(17)8-11(10)9-15(16(19)20)21-14-5-3-2-4-13(14)18/h2-8,15H,9H2,1H3,(H,19,20)/t15-/m1/s1. The molecule has 1 atom stereocenters. The summed E-state index contributed by atoms with van der Waals surface area (Å²) in [5.74, 6) is -0.694. The van der Waals surface area contributed by atoms with Crippen molar-refractivity contribution in [3.8, 4) is 5.75 Å². The van der Waals surface area contributed by atoms with Crippen LogP contribution in [-0.4, -0.2) is 17.2 Å². The zero-order valence-corrected chi connectivity index (χ0v) is 12.9. The van der Waals surface area contributed by atoms with Crippen LogP contribution in [0.2, 0.25) is 10.0 Å². The number of aryl methyl sites for hydroxylation is 1. The number of benzene rings is 2. The van der Waals surface area contributed by atoms with E-state index in [-0.39, 0.29) is 6.42 Å². The molecule has 0 unspecified atom stereocenters. The summed E-state index contributed by atoms with van der Waals surface area (Å²) < 4.78 is 5.53. The Morgan fingerprint density at radius 1 is 1.24 bits per heavy atom. The summed E-state index contributed by atoms with van der Waals surface area (Å²) in [5.41, 5.74) is 1.80. The van der Waals surface area contributed by atoms with Crippen molar-refractivity contribution in [1.29, 1.82) is 0 Å². The topological polar surface area (TPSA) is 46.5 Å². The molecule has 0 heterocycles. The lowest BCUT2D eigenvalue weighted by Crippen LogP contribution is -2.29. The van der Waals surface area contributed by atoms with E-state index in [0.29, 0.717) is 15.8 Å². The number of hydrogen-bond acceptors (Lipinski definition) is 2. The van der Waals surface area contributed by atoms with Gasteiger partial charge in [-0.15, -0.1) is 0 Å². The number of para-hydroxylation sites is 1. The summed E-state index contributed by atoms with van der Waals surface area (Å²) in [4.78, 5) is 11.4. The first kappa shape index (κ1) is 15.7. The van der Waals surface area contributed by atoms with Crippen molar-refractivity contribution < 1.29 is 14.6 Å². The smallest absolute Gasteiger partial charge is 0.345 e. The van der Waals surface area contributed by atoms with Gasteiger partial charge in [0.25, 0.3) is 0 Å². The largest absolute Gasteiger partial charge is 0.478 e. The van der Waals surface area contributed by atoms with E-state index in [0.717, 1.165) is 11.1 Å². The van der Waals surface area contributed by atoms with Crippen molar-refractivity contribution in [3.63, 3.8) is 0 Å². The highest BCUT2D eigenvalue weighted by atomic mass is 35.5. The molecule has 21 heavy (non-hydrogen) atoms. The van der Waals surface area contributed by atoms with E-state index < -0.39 is 12.1 Å². The van der Waals surface area contributed by atoms with Crippen molar-refractivity contribution in [1.82, 2.24) is 0 Å². The van der Waals surface area contributed by atoms with Crippen LogP contribution < -0.4 is 4.74 Å². The third-order valence-electron chi connectivity index (χ3n) is 3.10. The first-order chi connectivity index (χ1) is 9.97. The third kappa shape index (κ3) is 4.13. The molecular weight excluding hydrogens is 311 g/mol. The fraction of sp³-hybridized carbons (Fsp3) is 0.188. The zero-order valence-electron chi connectivity index (χ0n) is 11.3. The Kier molecular flexibility index (Phi) is 5.10. The predicted molar refractivity (Wildman–Crippen MR) is 83.4 cm³/mol. The van der Waals surface area contributed by atoms with E-state index in [1.807, 2.05) is 13.0 Å². The summed E-state index contributed by atoms with van der Waals surface area (Å²) >= 11 is 11.9. The van der Waals surface area contributed by atoms with Gasteiger partial charge in [-0.3, -0.25) is 0 Å². The van der Waals surface area contributed by atoms with E-state index in [9.17, 15) is 9.90 Å². The molecule has 0 bridgehead atoms. The van der Waals surface area contributed by atoms with Crippen LogP contribution in [0.15, 0.2) is 42.5 Å². The van der Waals surface area contributed by atoms with Gasteiger partial charge in [0.2, 0.25) is 0 Å². The van der Waals surface area contributed by atoms with Gasteiger partial charge in [-0.05, 0) is 42.3 Å². The molecule has 3 nitrogen and oxygen atoms in total. The van der Waals surface area contributed by atoms with Gasteiger partial charge in [0.1, 0.15) is 5.75 Å². The summed E-state index contributed by atoms with van der Waals surface area (Å²) in [6.07, 6.45) is -0.811. The highest BCUT2D eigenvalue weighted by Crippen LogP contribution is 2.26. The van der Waals surface area contributed by atoms with Crippen LogP contribution in [0.4, 0.5) is 0 Å². The van der Waals surface area contributed by atoms with Crippen molar-refractivity contribution in [3.05, 3.63) is 63.6 Å². The molecule has 0 fully saturated rings. The number of carboxylic acid groups (broad SMARTS) is 1. The SMILES string of the molecule is Cc1ccc(Cl)cc1C[C@@H](Oc1ccccc1Cl)C(=O)O. The molecule has 110 valence electrons. The van der Waals surface area contributed by atoms with Crippen LogP contribution in [0, 0.1) is 6.92 Å². The monoisotopic (exact) mass is 324 g/mol. The van der Waals surface area contributed by atoms with Crippen molar-refractivity contribution in [2.75, 3.05) is 0 Å². The van der Waals surface area contributed by atoms with E-state index >= 15 is 0 Å². The lowest BCUT2D eigenvalue weighted by atomic mass is 10.0. The average Bonchev–Trinajstić information content (AvgIpc) is 2.44. The number of rotatable bonds is 5. The van der Waals surface area contributed by atoms with Crippen LogP contribution in [0.1, 0.15) is 11.1 Å². The van der Waals surface area contributed by atoms with Gasteiger partial charge in [0.05, 0.1) is 5.02 Å². The Bertz CT molecular complexity index is 656. The predicted octanol–water partition coefficient (Wildman–Crippen LogP) is 4.38.